The van der Waals surface area contributed by atoms with Gasteiger partial charge in [0.25, 0.3) is 0 Å². The highest BCUT2D eigenvalue weighted by atomic mass is 16.6. The normalized spacial score (nSPS) is 21.4. The molecule has 0 bridgehead atoms. The van der Waals surface area contributed by atoms with Crippen LogP contribution in [0.1, 0.15) is 19.8 Å². The lowest BCUT2D eigenvalue weighted by molar-refractivity contribution is -0.178. The van der Waals surface area contributed by atoms with Crippen molar-refractivity contribution in [1.29, 1.82) is 0 Å². The fourth-order valence-electron chi connectivity index (χ4n) is 0.933. The van der Waals surface area contributed by atoms with Crippen LogP contribution in [0, 0.1) is 0 Å². The molecule has 0 aromatic rings. The monoisotopic (exact) mass is 198 g/mol. The first-order chi connectivity index (χ1) is 6.50. The predicted molar refractivity (Wildman–Crippen MR) is 45.0 cm³/mol. The molecule has 5 nitrogen and oxygen atoms in total. The maximum Gasteiger partial charge on any atom is 0.355 e. The molecule has 1 fully saturated rings. The van der Waals surface area contributed by atoms with Crippen molar-refractivity contribution in [2.75, 3.05) is 0 Å². The van der Waals surface area contributed by atoms with E-state index in [0.29, 0.717) is 0 Å². The minimum Gasteiger partial charge on any atom is -0.447 e. The van der Waals surface area contributed by atoms with Gasteiger partial charge in [0.15, 0.2) is 6.10 Å². The van der Waals surface area contributed by atoms with Gasteiger partial charge in [0.1, 0.15) is 0 Å². The van der Waals surface area contributed by atoms with Crippen LogP contribution in [0.15, 0.2) is 12.2 Å². The number of rotatable bonds is 2. The standard InChI is InChI=1S/C9H10O5/c1-5(2)8(11)13-6-3-4-7(10)14-9(6)12/h6H,1,3-4H2,2H3. The van der Waals surface area contributed by atoms with Gasteiger partial charge in [-0.25, -0.2) is 9.59 Å². The van der Waals surface area contributed by atoms with Crippen LogP contribution in [-0.2, 0) is 23.9 Å². The Labute approximate surface area is 80.7 Å². The summed E-state index contributed by atoms with van der Waals surface area (Å²) in [4.78, 5) is 32.7. The summed E-state index contributed by atoms with van der Waals surface area (Å²) in [6, 6.07) is 0. The van der Waals surface area contributed by atoms with Crippen molar-refractivity contribution >= 4 is 17.9 Å². The van der Waals surface area contributed by atoms with Crippen molar-refractivity contribution in [3.05, 3.63) is 12.2 Å². The van der Waals surface area contributed by atoms with E-state index in [2.05, 4.69) is 11.3 Å². The SMILES string of the molecule is C=C(C)C(=O)OC1CCC(=O)OC1=O. The summed E-state index contributed by atoms with van der Waals surface area (Å²) in [5.74, 6) is -2.05. The van der Waals surface area contributed by atoms with Gasteiger partial charge in [-0.15, -0.1) is 0 Å². The van der Waals surface area contributed by atoms with E-state index < -0.39 is 24.0 Å². The summed E-state index contributed by atoms with van der Waals surface area (Å²) in [6.45, 7) is 4.84. The Kier molecular flexibility index (Phi) is 3.01. The lowest BCUT2D eigenvalue weighted by Crippen LogP contribution is -2.35. The molecule has 1 unspecified atom stereocenters. The molecule has 0 aromatic carbocycles. The highest BCUT2D eigenvalue weighted by molar-refractivity contribution is 5.94. The van der Waals surface area contributed by atoms with Gasteiger partial charge < -0.3 is 9.47 Å². The molecule has 0 N–H and O–H groups in total. The molecular formula is C9H10O5. The summed E-state index contributed by atoms with van der Waals surface area (Å²) in [7, 11) is 0. The molecule has 0 aliphatic carbocycles. The van der Waals surface area contributed by atoms with Crippen LogP contribution in [-0.4, -0.2) is 24.0 Å². The van der Waals surface area contributed by atoms with Crippen molar-refractivity contribution in [3.63, 3.8) is 0 Å². The van der Waals surface area contributed by atoms with Crippen LogP contribution in [0.2, 0.25) is 0 Å². The zero-order chi connectivity index (χ0) is 10.7. The summed E-state index contributed by atoms with van der Waals surface area (Å²) in [5.41, 5.74) is 0.203. The van der Waals surface area contributed by atoms with Crippen LogP contribution in [0.5, 0.6) is 0 Å². The molecule has 1 rings (SSSR count). The Balaban J connectivity index is 2.54. The topological polar surface area (TPSA) is 69.7 Å². The molecule has 1 aliphatic rings. The predicted octanol–water partition coefficient (Wildman–Crippen LogP) is 0.338. The van der Waals surface area contributed by atoms with Gasteiger partial charge in [-0.3, -0.25) is 4.79 Å². The molecule has 1 saturated heterocycles. The van der Waals surface area contributed by atoms with E-state index in [9.17, 15) is 14.4 Å². The second-order valence-electron chi connectivity index (χ2n) is 3.01. The Bertz CT molecular complexity index is 304. The van der Waals surface area contributed by atoms with Gasteiger partial charge in [-0.1, -0.05) is 6.58 Å². The lowest BCUT2D eigenvalue weighted by atomic mass is 10.1. The number of ether oxygens (including phenoxy) is 2. The molecule has 5 heteroatoms. The summed E-state index contributed by atoms with van der Waals surface area (Å²) < 4.78 is 9.04. The van der Waals surface area contributed by atoms with E-state index in [0.717, 1.165) is 0 Å². The average molecular weight is 198 g/mol. The quantitative estimate of drug-likeness (QED) is 0.363. The van der Waals surface area contributed by atoms with E-state index in [1.54, 1.807) is 0 Å². The van der Waals surface area contributed by atoms with Crippen LogP contribution in [0.3, 0.4) is 0 Å². The summed E-state index contributed by atoms with van der Waals surface area (Å²) in [5, 5.41) is 0. The van der Waals surface area contributed by atoms with E-state index in [1.165, 1.54) is 6.92 Å². The van der Waals surface area contributed by atoms with E-state index in [4.69, 9.17) is 4.74 Å². The molecule has 76 valence electrons. The fourth-order valence-corrected chi connectivity index (χ4v) is 0.933. The minimum atomic E-state index is -0.975. The highest BCUT2D eigenvalue weighted by Gasteiger charge is 2.32. The molecule has 1 atom stereocenters. The van der Waals surface area contributed by atoms with Gasteiger partial charge in [0.05, 0.1) is 6.42 Å². The summed E-state index contributed by atoms with van der Waals surface area (Å²) >= 11 is 0. The summed E-state index contributed by atoms with van der Waals surface area (Å²) in [6.07, 6.45) is -0.715. The zero-order valence-corrected chi connectivity index (χ0v) is 7.74. The smallest absolute Gasteiger partial charge is 0.355 e. The molecule has 0 radical (unpaired) electrons. The average Bonchev–Trinajstić information content (AvgIpc) is 2.09. The maximum atomic E-state index is 11.0. The largest absolute Gasteiger partial charge is 0.447 e. The van der Waals surface area contributed by atoms with E-state index in [1.807, 2.05) is 0 Å². The maximum absolute atomic E-state index is 11.0. The van der Waals surface area contributed by atoms with E-state index >= 15 is 0 Å². The second kappa shape index (κ2) is 4.04. The number of esters is 3. The molecule has 0 saturated carbocycles. The van der Waals surface area contributed by atoms with Gasteiger partial charge >= 0.3 is 17.9 Å². The zero-order valence-electron chi connectivity index (χ0n) is 7.74. The number of cyclic esters (lactones) is 2. The van der Waals surface area contributed by atoms with Crippen molar-refractivity contribution in [2.45, 2.75) is 25.9 Å². The Morgan fingerprint density at radius 3 is 2.71 bits per heavy atom. The first-order valence-electron chi connectivity index (χ1n) is 4.11. The lowest BCUT2D eigenvalue weighted by Gasteiger charge is -2.19. The van der Waals surface area contributed by atoms with Gasteiger partial charge in [0, 0.05) is 12.0 Å². The van der Waals surface area contributed by atoms with Crippen LogP contribution in [0.4, 0.5) is 0 Å². The first-order valence-corrected chi connectivity index (χ1v) is 4.11. The molecule has 0 aromatic heterocycles. The molecule has 14 heavy (non-hydrogen) atoms. The van der Waals surface area contributed by atoms with Gasteiger partial charge in [0.2, 0.25) is 0 Å². The first kappa shape index (κ1) is 10.4. The third kappa shape index (κ3) is 2.42. The minimum absolute atomic E-state index is 0.0832. The van der Waals surface area contributed by atoms with Gasteiger partial charge in [-0.2, -0.15) is 0 Å². The van der Waals surface area contributed by atoms with Crippen LogP contribution in [0.25, 0.3) is 0 Å². The van der Waals surface area contributed by atoms with Crippen molar-refractivity contribution in [1.82, 2.24) is 0 Å². The van der Waals surface area contributed by atoms with Crippen molar-refractivity contribution in [2.24, 2.45) is 0 Å². The van der Waals surface area contributed by atoms with E-state index in [-0.39, 0.29) is 18.4 Å². The van der Waals surface area contributed by atoms with Crippen molar-refractivity contribution < 1.29 is 23.9 Å². The Morgan fingerprint density at radius 1 is 1.57 bits per heavy atom. The number of carbonyl (C=O) groups excluding carboxylic acids is 3. The fraction of sp³-hybridized carbons (Fsp3) is 0.444. The molecule has 1 aliphatic heterocycles. The highest BCUT2D eigenvalue weighted by Crippen LogP contribution is 2.13. The Hall–Kier alpha value is -1.65. The Morgan fingerprint density at radius 2 is 2.21 bits per heavy atom. The molecule has 0 spiro atoms. The van der Waals surface area contributed by atoms with Crippen LogP contribution < -0.4 is 0 Å². The molecule has 1 heterocycles. The second-order valence-corrected chi connectivity index (χ2v) is 3.01. The molecule has 0 amide bonds. The van der Waals surface area contributed by atoms with Gasteiger partial charge in [-0.05, 0) is 6.92 Å². The van der Waals surface area contributed by atoms with Crippen molar-refractivity contribution in [3.8, 4) is 0 Å². The third-order valence-electron chi connectivity index (χ3n) is 1.69. The number of hydrogen-bond donors (Lipinski definition) is 0. The third-order valence-corrected chi connectivity index (χ3v) is 1.69. The van der Waals surface area contributed by atoms with Crippen LogP contribution >= 0.6 is 0 Å². The number of carbonyl (C=O) groups is 3. The number of hydrogen-bond acceptors (Lipinski definition) is 5. The molecular weight excluding hydrogens is 188 g/mol.